The Bertz CT molecular complexity index is 134. The fourth-order valence-electron chi connectivity index (χ4n) is 0.925. The summed E-state index contributed by atoms with van der Waals surface area (Å²) in [4.78, 5) is 0. The van der Waals surface area contributed by atoms with Crippen LogP contribution in [0, 0.1) is 23.2 Å². The average Bonchev–Trinajstić information content (AvgIpc) is 1.85. The zero-order valence-corrected chi connectivity index (χ0v) is 7.18. The Morgan fingerprint density at radius 3 is 1.50 bits per heavy atom. The predicted molar refractivity (Wildman–Crippen MR) is 42.2 cm³/mol. The molecule has 2 heteroatoms. The molecule has 0 saturated carbocycles. The van der Waals surface area contributed by atoms with Gasteiger partial charge in [0.05, 0.1) is 6.07 Å². The molecular weight excluding hydrogens is 124 g/mol. The van der Waals surface area contributed by atoms with Crippen LogP contribution in [0.15, 0.2) is 0 Å². The van der Waals surface area contributed by atoms with Gasteiger partial charge >= 0.3 is 0 Å². The average molecular weight is 140 g/mol. The molecule has 0 aliphatic rings. The molecule has 0 amide bonds. The van der Waals surface area contributed by atoms with Crippen LogP contribution in [0.2, 0.25) is 0 Å². The van der Waals surface area contributed by atoms with E-state index >= 15 is 0 Å². The molecule has 0 heterocycles. The minimum absolute atomic E-state index is 0.220. The number of nitrogens with two attached hydrogens (primary N) is 1. The van der Waals surface area contributed by atoms with Gasteiger partial charge in [0.15, 0.2) is 0 Å². The van der Waals surface area contributed by atoms with Crippen LogP contribution in [-0.4, -0.2) is 5.54 Å². The van der Waals surface area contributed by atoms with Crippen LogP contribution >= 0.6 is 0 Å². The van der Waals surface area contributed by atoms with Crippen molar-refractivity contribution in [3.63, 3.8) is 0 Å². The molecule has 0 aromatic rings. The number of nitrogens with zero attached hydrogens (tertiary/aromatic N) is 1. The van der Waals surface area contributed by atoms with E-state index in [0.29, 0.717) is 0 Å². The first kappa shape index (κ1) is 9.45. The first-order valence-corrected chi connectivity index (χ1v) is 3.65. The third kappa shape index (κ3) is 1.48. The Balaban J connectivity index is 4.43. The van der Waals surface area contributed by atoms with Gasteiger partial charge in [-0.2, -0.15) is 5.26 Å². The molecule has 58 valence electrons. The molecule has 0 aliphatic heterocycles. The molecule has 0 saturated heterocycles. The van der Waals surface area contributed by atoms with Gasteiger partial charge in [0.25, 0.3) is 0 Å². The molecule has 0 fully saturated rings. The highest BCUT2D eigenvalue weighted by atomic mass is 14.8. The van der Waals surface area contributed by atoms with Crippen molar-refractivity contribution in [3.05, 3.63) is 0 Å². The third-order valence-electron chi connectivity index (χ3n) is 2.10. The third-order valence-corrected chi connectivity index (χ3v) is 2.10. The Kier molecular flexibility index (Phi) is 2.86. The molecule has 0 rings (SSSR count). The summed E-state index contributed by atoms with van der Waals surface area (Å²) < 4.78 is 0. The molecule has 2 nitrogen and oxygen atoms in total. The summed E-state index contributed by atoms with van der Waals surface area (Å²) in [5.74, 6) is 0.440. The molecule has 0 unspecified atom stereocenters. The lowest BCUT2D eigenvalue weighted by atomic mass is 9.79. The zero-order valence-electron chi connectivity index (χ0n) is 7.18. The largest absolute Gasteiger partial charge is 0.313 e. The molecule has 0 spiro atoms. The lowest BCUT2D eigenvalue weighted by Crippen LogP contribution is -2.48. The standard InChI is InChI=1S/C8H16N2/c1-6(2)8(10,5-9)7(3)4/h6-7H,10H2,1-4H3. The molecule has 0 aromatic carbocycles. The van der Waals surface area contributed by atoms with Crippen LogP contribution in [0.5, 0.6) is 0 Å². The summed E-state index contributed by atoms with van der Waals surface area (Å²) in [5, 5.41) is 8.75. The summed E-state index contributed by atoms with van der Waals surface area (Å²) in [6, 6.07) is 2.16. The maximum atomic E-state index is 8.75. The van der Waals surface area contributed by atoms with Crippen molar-refractivity contribution >= 4 is 0 Å². The van der Waals surface area contributed by atoms with Gasteiger partial charge in [0.1, 0.15) is 5.54 Å². The van der Waals surface area contributed by atoms with Crippen molar-refractivity contribution in [2.75, 3.05) is 0 Å². The van der Waals surface area contributed by atoms with E-state index in [1.807, 2.05) is 27.7 Å². The molecule has 0 aromatic heterocycles. The van der Waals surface area contributed by atoms with E-state index in [2.05, 4.69) is 6.07 Å². The van der Waals surface area contributed by atoms with Crippen molar-refractivity contribution in [2.24, 2.45) is 17.6 Å². The maximum absolute atomic E-state index is 8.75. The summed E-state index contributed by atoms with van der Waals surface area (Å²) in [7, 11) is 0. The smallest absolute Gasteiger partial charge is 0.108 e. The van der Waals surface area contributed by atoms with Crippen molar-refractivity contribution in [3.8, 4) is 6.07 Å². The maximum Gasteiger partial charge on any atom is 0.108 e. The van der Waals surface area contributed by atoms with Crippen LogP contribution < -0.4 is 5.73 Å². The summed E-state index contributed by atoms with van der Waals surface area (Å²) in [6.45, 7) is 7.90. The summed E-state index contributed by atoms with van der Waals surface area (Å²) >= 11 is 0. The molecule has 10 heavy (non-hydrogen) atoms. The Labute approximate surface area is 63.0 Å². The van der Waals surface area contributed by atoms with E-state index in [4.69, 9.17) is 11.0 Å². The molecule has 2 N–H and O–H groups in total. The fourth-order valence-corrected chi connectivity index (χ4v) is 0.925. The highest BCUT2D eigenvalue weighted by Crippen LogP contribution is 2.21. The monoisotopic (exact) mass is 140 g/mol. The van der Waals surface area contributed by atoms with E-state index in [-0.39, 0.29) is 11.8 Å². The van der Waals surface area contributed by atoms with Gasteiger partial charge in [-0.1, -0.05) is 27.7 Å². The topological polar surface area (TPSA) is 49.8 Å². The van der Waals surface area contributed by atoms with Gasteiger partial charge in [-0.15, -0.1) is 0 Å². The predicted octanol–water partition coefficient (Wildman–Crippen LogP) is 1.52. The van der Waals surface area contributed by atoms with Gasteiger partial charge in [-0.3, -0.25) is 0 Å². The van der Waals surface area contributed by atoms with E-state index in [9.17, 15) is 0 Å². The summed E-state index contributed by atoms with van der Waals surface area (Å²) in [5.41, 5.74) is 5.17. The second-order valence-electron chi connectivity index (χ2n) is 3.35. The van der Waals surface area contributed by atoms with Crippen LogP contribution in [-0.2, 0) is 0 Å². The zero-order chi connectivity index (χ0) is 8.36. The number of rotatable bonds is 2. The first-order chi connectivity index (χ1) is 4.45. The van der Waals surface area contributed by atoms with E-state index in [1.165, 1.54) is 0 Å². The van der Waals surface area contributed by atoms with Gasteiger partial charge in [0.2, 0.25) is 0 Å². The molecule has 0 atom stereocenters. The van der Waals surface area contributed by atoms with E-state index < -0.39 is 5.54 Å². The molecule has 0 bridgehead atoms. The number of hydrogen-bond acceptors (Lipinski definition) is 2. The minimum atomic E-state index is -0.653. The Morgan fingerprint density at radius 1 is 1.20 bits per heavy atom. The molecular formula is C8H16N2. The molecule has 0 radical (unpaired) electrons. The van der Waals surface area contributed by atoms with Gasteiger partial charge < -0.3 is 5.73 Å². The highest BCUT2D eigenvalue weighted by Gasteiger charge is 2.32. The second-order valence-corrected chi connectivity index (χ2v) is 3.35. The van der Waals surface area contributed by atoms with Gasteiger partial charge in [-0.25, -0.2) is 0 Å². The quantitative estimate of drug-likeness (QED) is 0.632. The lowest BCUT2D eigenvalue weighted by molar-refractivity contribution is 0.298. The number of nitriles is 1. The van der Waals surface area contributed by atoms with Crippen molar-refractivity contribution in [2.45, 2.75) is 33.2 Å². The van der Waals surface area contributed by atoms with Crippen molar-refractivity contribution in [1.29, 1.82) is 5.26 Å². The van der Waals surface area contributed by atoms with Crippen LogP contribution in [0.1, 0.15) is 27.7 Å². The van der Waals surface area contributed by atoms with Crippen molar-refractivity contribution in [1.82, 2.24) is 0 Å². The van der Waals surface area contributed by atoms with Gasteiger partial charge in [-0.05, 0) is 11.8 Å². The SMILES string of the molecule is CC(C)C(N)(C#N)C(C)C. The Morgan fingerprint density at radius 2 is 1.50 bits per heavy atom. The van der Waals surface area contributed by atoms with Crippen LogP contribution in [0.25, 0.3) is 0 Å². The van der Waals surface area contributed by atoms with Crippen molar-refractivity contribution < 1.29 is 0 Å². The second kappa shape index (κ2) is 3.03. The number of hydrogen-bond donors (Lipinski definition) is 1. The summed E-state index contributed by atoms with van der Waals surface area (Å²) in [6.07, 6.45) is 0. The van der Waals surface area contributed by atoms with Crippen LogP contribution in [0.3, 0.4) is 0 Å². The lowest BCUT2D eigenvalue weighted by Gasteiger charge is -2.29. The Hall–Kier alpha value is -0.550. The normalized spacial score (nSPS) is 12.2. The first-order valence-electron chi connectivity index (χ1n) is 3.65. The minimum Gasteiger partial charge on any atom is -0.313 e. The highest BCUT2D eigenvalue weighted by molar-refractivity contribution is 5.08. The van der Waals surface area contributed by atoms with Gasteiger partial charge in [0, 0.05) is 0 Å². The van der Waals surface area contributed by atoms with E-state index in [0.717, 1.165) is 0 Å². The van der Waals surface area contributed by atoms with Crippen LogP contribution in [0.4, 0.5) is 0 Å². The van der Waals surface area contributed by atoms with E-state index in [1.54, 1.807) is 0 Å². The fraction of sp³-hybridized carbons (Fsp3) is 0.875. The molecule has 0 aliphatic carbocycles.